The molecule has 0 bridgehead atoms. The molecule has 2 aromatic rings. The fourth-order valence-corrected chi connectivity index (χ4v) is 3.58. The van der Waals surface area contributed by atoms with Crippen LogP contribution >= 0.6 is 11.3 Å². The summed E-state index contributed by atoms with van der Waals surface area (Å²) >= 11 is 1.35. The smallest absolute Gasteiger partial charge is 0.265 e. The Morgan fingerprint density at radius 1 is 1.38 bits per heavy atom. The van der Waals surface area contributed by atoms with Gasteiger partial charge in [-0.05, 0) is 44.0 Å². The molecule has 1 saturated heterocycles. The number of thiazole rings is 1. The van der Waals surface area contributed by atoms with Gasteiger partial charge in [-0.25, -0.2) is 9.37 Å². The van der Waals surface area contributed by atoms with Gasteiger partial charge in [0, 0.05) is 19.1 Å². The van der Waals surface area contributed by atoms with Gasteiger partial charge >= 0.3 is 0 Å². The third-order valence-corrected chi connectivity index (χ3v) is 5.16. The van der Waals surface area contributed by atoms with Crippen molar-refractivity contribution < 1.29 is 13.9 Å². The quantitative estimate of drug-likeness (QED) is 0.921. The number of hydrogen-bond donors (Lipinski definition) is 1. The number of amides is 1. The summed E-state index contributed by atoms with van der Waals surface area (Å²) in [5, 5.41) is 0.730. The van der Waals surface area contributed by atoms with Gasteiger partial charge in [0.1, 0.15) is 28.1 Å². The van der Waals surface area contributed by atoms with Gasteiger partial charge in [-0.1, -0.05) is 0 Å². The van der Waals surface area contributed by atoms with Gasteiger partial charge in [0.2, 0.25) is 0 Å². The van der Waals surface area contributed by atoms with Gasteiger partial charge < -0.3 is 15.4 Å². The second-order valence-corrected chi connectivity index (χ2v) is 6.98. The van der Waals surface area contributed by atoms with Gasteiger partial charge in [0.15, 0.2) is 0 Å². The van der Waals surface area contributed by atoms with E-state index >= 15 is 0 Å². The minimum absolute atomic E-state index is 0.0185. The van der Waals surface area contributed by atoms with E-state index in [0.29, 0.717) is 23.7 Å². The van der Waals surface area contributed by atoms with Crippen LogP contribution in [0.4, 0.5) is 4.39 Å². The highest BCUT2D eigenvalue weighted by Crippen LogP contribution is 2.23. The number of benzene rings is 1. The van der Waals surface area contributed by atoms with Crippen LogP contribution in [0.2, 0.25) is 0 Å². The third-order valence-electron chi connectivity index (χ3n) is 4.04. The minimum atomic E-state index is -0.304. The Bertz CT molecular complexity index is 709. The van der Waals surface area contributed by atoms with E-state index in [2.05, 4.69) is 4.98 Å². The van der Waals surface area contributed by atoms with Crippen LogP contribution in [0.5, 0.6) is 5.75 Å². The predicted octanol–water partition coefficient (Wildman–Crippen LogP) is 2.73. The second-order valence-electron chi connectivity index (χ2n) is 5.89. The lowest BCUT2D eigenvalue weighted by Crippen LogP contribution is -2.42. The molecule has 5 nitrogen and oxygen atoms in total. The average molecular weight is 349 g/mol. The molecular formula is C17H20FN3O2S. The summed E-state index contributed by atoms with van der Waals surface area (Å²) in [5.41, 5.74) is 6.61. The van der Waals surface area contributed by atoms with E-state index in [1.165, 1.54) is 23.5 Å². The summed E-state index contributed by atoms with van der Waals surface area (Å²) < 4.78 is 18.5. The van der Waals surface area contributed by atoms with Gasteiger partial charge in [-0.2, -0.15) is 0 Å². The van der Waals surface area contributed by atoms with E-state index < -0.39 is 0 Å². The van der Waals surface area contributed by atoms with E-state index in [9.17, 15) is 9.18 Å². The molecule has 0 unspecified atom stereocenters. The standard InChI is InChI=1S/C17H20FN3O2S/c1-11-16(17(22)21-8-6-13(19)7-9-21)24-15(20-11)10-23-14-4-2-12(18)3-5-14/h2-5,13H,6-10,19H2,1H3. The first kappa shape index (κ1) is 16.9. The van der Waals surface area contributed by atoms with Crippen molar-refractivity contribution >= 4 is 17.2 Å². The van der Waals surface area contributed by atoms with Crippen LogP contribution in [0.15, 0.2) is 24.3 Å². The van der Waals surface area contributed by atoms with Crippen LogP contribution in [-0.4, -0.2) is 34.9 Å². The molecule has 1 aromatic carbocycles. The lowest BCUT2D eigenvalue weighted by molar-refractivity contribution is 0.0718. The number of piperidine rings is 1. The lowest BCUT2D eigenvalue weighted by atomic mass is 10.1. The number of nitrogens with two attached hydrogens (primary N) is 1. The van der Waals surface area contributed by atoms with Crippen LogP contribution < -0.4 is 10.5 Å². The summed E-state index contributed by atoms with van der Waals surface area (Å²) in [5.74, 6) is 0.286. The molecule has 0 atom stereocenters. The molecule has 0 aliphatic carbocycles. The molecule has 1 aromatic heterocycles. The highest BCUT2D eigenvalue weighted by molar-refractivity contribution is 7.13. The van der Waals surface area contributed by atoms with Gasteiger partial charge in [-0.3, -0.25) is 4.79 Å². The van der Waals surface area contributed by atoms with Gasteiger partial charge in [0.25, 0.3) is 5.91 Å². The summed E-state index contributed by atoms with van der Waals surface area (Å²) in [6.45, 7) is 3.48. The number of rotatable bonds is 4. The first-order valence-electron chi connectivity index (χ1n) is 7.92. The molecule has 0 saturated carbocycles. The number of aryl methyl sites for hydroxylation is 1. The number of aromatic nitrogens is 1. The predicted molar refractivity (Wildman–Crippen MR) is 90.7 cm³/mol. The van der Waals surface area contributed by atoms with Crippen molar-refractivity contribution in [3.05, 3.63) is 45.7 Å². The van der Waals surface area contributed by atoms with Gasteiger partial charge in [0.05, 0.1) is 5.69 Å². The van der Waals surface area contributed by atoms with Crippen LogP contribution in [0.25, 0.3) is 0 Å². The topological polar surface area (TPSA) is 68.5 Å². The van der Waals surface area contributed by atoms with Crippen molar-refractivity contribution in [2.24, 2.45) is 5.73 Å². The van der Waals surface area contributed by atoms with E-state index in [4.69, 9.17) is 10.5 Å². The van der Waals surface area contributed by atoms with Crippen LogP contribution in [0, 0.1) is 12.7 Å². The molecular weight excluding hydrogens is 329 g/mol. The molecule has 128 valence electrons. The van der Waals surface area contributed by atoms with Crippen LogP contribution in [0.1, 0.15) is 33.2 Å². The average Bonchev–Trinajstić information content (AvgIpc) is 2.95. The Balaban J connectivity index is 1.64. The summed E-state index contributed by atoms with van der Waals surface area (Å²) in [6, 6.07) is 6.02. The normalized spacial score (nSPS) is 15.5. The van der Waals surface area contributed by atoms with Crippen molar-refractivity contribution in [3.8, 4) is 5.75 Å². The number of likely N-dealkylation sites (tertiary alicyclic amines) is 1. The highest BCUT2D eigenvalue weighted by Gasteiger charge is 2.25. The van der Waals surface area contributed by atoms with Crippen LogP contribution in [-0.2, 0) is 6.61 Å². The van der Waals surface area contributed by atoms with Crippen LogP contribution in [0.3, 0.4) is 0 Å². The van der Waals surface area contributed by atoms with E-state index in [-0.39, 0.29) is 24.4 Å². The van der Waals surface area contributed by atoms with Crippen molar-refractivity contribution in [2.75, 3.05) is 13.1 Å². The maximum atomic E-state index is 12.9. The number of hydrogen-bond acceptors (Lipinski definition) is 5. The van der Waals surface area contributed by atoms with Gasteiger partial charge in [-0.15, -0.1) is 11.3 Å². The zero-order valence-electron chi connectivity index (χ0n) is 13.5. The second kappa shape index (κ2) is 7.27. The van der Waals surface area contributed by atoms with Crippen molar-refractivity contribution in [1.82, 2.24) is 9.88 Å². The number of carbonyl (C=O) groups is 1. The van der Waals surface area contributed by atoms with Crippen molar-refractivity contribution in [1.29, 1.82) is 0 Å². The fourth-order valence-electron chi connectivity index (χ4n) is 2.63. The van der Waals surface area contributed by atoms with Crippen molar-refractivity contribution in [2.45, 2.75) is 32.4 Å². The minimum Gasteiger partial charge on any atom is -0.486 e. The van der Waals surface area contributed by atoms with E-state index in [1.54, 1.807) is 12.1 Å². The van der Waals surface area contributed by atoms with E-state index in [0.717, 1.165) is 23.5 Å². The first-order valence-corrected chi connectivity index (χ1v) is 8.74. The monoisotopic (exact) mass is 349 g/mol. The molecule has 2 heterocycles. The number of carbonyl (C=O) groups excluding carboxylic acids is 1. The highest BCUT2D eigenvalue weighted by atomic mass is 32.1. The third kappa shape index (κ3) is 3.91. The Morgan fingerprint density at radius 3 is 2.71 bits per heavy atom. The Morgan fingerprint density at radius 2 is 2.04 bits per heavy atom. The van der Waals surface area contributed by atoms with E-state index in [1.807, 2.05) is 11.8 Å². The fraction of sp³-hybridized carbons (Fsp3) is 0.412. The molecule has 0 radical (unpaired) electrons. The summed E-state index contributed by atoms with van der Waals surface area (Å²) in [7, 11) is 0. The molecule has 1 aliphatic rings. The largest absolute Gasteiger partial charge is 0.486 e. The molecule has 1 aliphatic heterocycles. The number of ether oxygens (including phenoxy) is 1. The number of halogens is 1. The lowest BCUT2D eigenvalue weighted by Gasteiger charge is -2.29. The zero-order chi connectivity index (χ0) is 17.1. The Kier molecular flexibility index (Phi) is 5.11. The SMILES string of the molecule is Cc1nc(COc2ccc(F)cc2)sc1C(=O)N1CCC(N)CC1. The summed E-state index contributed by atoms with van der Waals surface area (Å²) in [4.78, 5) is 19.5. The molecule has 1 amide bonds. The van der Waals surface area contributed by atoms with Crippen molar-refractivity contribution in [3.63, 3.8) is 0 Å². The maximum Gasteiger partial charge on any atom is 0.265 e. The molecule has 3 rings (SSSR count). The number of nitrogens with zero attached hydrogens (tertiary/aromatic N) is 2. The molecule has 2 N–H and O–H groups in total. The summed E-state index contributed by atoms with van der Waals surface area (Å²) in [6.07, 6.45) is 1.67. The molecule has 7 heteroatoms. The molecule has 1 fully saturated rings. The Labute approximate surface area is 144 Å². The maximum absolute atomic E-state index is 12.9. The molecule has 0 spiro atoms. The first-order chi connectivity index (χ1) is 11.5. The molecule has 24 heavy (non-hydrogen) atoms. The zero-order valence-corrected chi connectivity index (χ0v) is 14.3. The Hall–Kier alpha value is -1.99.